The molecule has 3 atom stereocenters. The van der Waals surface area contributed by atoms with Crippen LogP contribution in [0.15, 0.2) is 0 Å². The summed E-state index contributed by atoms with van der Waals surface area (Å²) in [5.74, 6) is 1.59. The van der Waals surface area contributed by atoms with Crippen LogP contribution in [-0.2, 0) is 4.79 Å². The van der Waals surface area contributed by atoms with Crippen LogP contribution in [0.5, 0.6) is 0 Å². The van der Waals surface area contributed by atoms with E-state index in [-0.39, 0.29) is 17.9 Å². The van der Waals surface area contributed by atoms with Crippen LogP contribution >= 0.6 is 11.8 Å². The third-order valence-corrected chi connectivity index (χ3v) is 4.92. The molecular formula is C14H28N2OS. The van der Waals surface area contributed by atoms with Crippen molar-refractivity contribution in [2.45, 2.75) is 63.7 Å². The second-order valence-corrected chi connectivity index (χ2v) is 6.95. The first-order valence-electron chi connectivity index (χ1n) is 7.24. The second kappa shape index (κ2) is 8.81. The normalized spacial score (nSPS) is 23.4. The summed E-state index contributed by atoms with van der Waals surface area (Å²) in [5.41, 5.74) is 5.71. The first kappa shape index (κ1) is 15.8. The van der Waals surface area contributed by atoms with Crippen molar-refractivity contribution in [2.24, 2.45) is 11.7 Å². The Morgan fingerprint density at radius 1 is 1.39 bits per heavy atom. The summed E-state index contributed by atoms with van der Waals surface area (Å²) in [6, 6.07) is 0.249. The zero-order valence-corrected chi connectivity index (χ0v) is 12.6. The number of thioether (sulfide) groups is 1. The summed E-state index contributed by atoms with van der Waals surface area (Å²) in [5, 5.41) is 3.74. The summed E-state index contributed by atoms with van der Waals surface area (Å²) in [4.78, 5) is 11.9. The summed E-state index contributed by atoms with van der Waals surface area (Å²) < 4.78 is 0. The second-order valence-electron chi connectivity index (χ2n) is 5.54. The zero-order chi connectivity index (χ0) is 13.4. The summed E-state index contributed by atoms with van der Waals surface area (Å²) in [6.07, 6.45) is 6.91. The van der Waals surface area contributed by atoms with Crippen LogP contribution in [0, 0.1) is 5.92 Å². The van der Waals surface area contributed by atoms with E-state index in [1.54, 1.807) is 0 Å². The maximum atomic E-state index is 11.9. The molecule has 3 nitrogen and oxygen atoms in total. The highest BCUT2D eigenvalue weighted by Gasteiger charge is 2.17. The van der Waals surface area contributed by atoms with Crippen LogP contribution in [0.4, 0.5) is 0 Å². The van der Waals surface area contributed by atoms with Gasteiger partial charge in [0, 0.05) is 23.8 Å². The molecule has 1 fully saturated rings. The Kier molecular flexibility index (Phi) is 7.75. The molecule has 1 amide bonds. The molecule has 3 N–H and O–H groups in total. The number of carbonyl (C=O) groups is 1. The minimum absolute atomic E-state index is 0.123. The van der Waals surface area contributed by atoms with E-state index in [4.69, 9.17) is 5.73 Å². The molecule has 0 aliphatic carbocycles. The predicted octanol–water partition coefficient (Wildman–Crippen LogP) is 2.54. The van der Waals surface area contributed by atoms with Crippen molar-refractivity contribution < 1.29 is 4.79 Å². The molecule has 0 aromatic heterocycles. The molecule has 1 saturated heterocycles. The third-order valence-electron chi connectivity index (χ3n) is 3.52. The van der Waals surface area contributed by atoms with E-state index in [1.807, 2.05) is 25.6 Å². The molecule has 106 valence electrons. The van der Waals surface area contributed by atoms with E-state index in [0.717, 1.165) is 25.8 Å². The third kappa shape index (κ3) is 6.64. The fourth-order valence-corrected chi connectivity index (χ4v) is 3.47. The molecular weight excluding hydrogens is 244 g/mol. The molecule has 0 radical (unpaired) electrons. The number of hydrogen-bond acceptors (Lipinski definition) is 3. The zero-order valence-electron chi connectivity index (χ0n) is 11.8. The van der Waals surface area contributed by atoms with E-state index in [1.165, 1.54) is 25.0 Å². The molecule has 0 aromatic carbocycles. The number of amides is 1. The summed E-state index contributed by atoms with van der Waals surface area (Å²) >= 11 is 2.01. The maximum absolute atomic E-state index is 11.9. The van der Waals surface area contributed by atoms with Gasteiger partial charge in [-0.1, -0.05) is 19.8 Å². The van der Waals surface area contributed by atoms with Gasteiger partial charge in [-0.3, -0.25) is 4.79 Å². The van der Waals surface area contributed by atoms with Gasteiger partial charge in [-0.25, -0.2) is 0 Å². The molecule has 0 bridgehead atoms. The number of hydrogen-bond donors (Lipinski definition) is 2. The molecule has 1 aliphatic heterocycles. The van der Waals surface area contributed by atoms with Gasteiger partial charge in [-0.15, -0.1) is 0 Å². The van der Waals surface area contributed by atoms with Crippen molar-refractivity contribution in [2.75, 3.05) is 12.3 Å². The number of nitrogens with two attached hydrogens (primary N) is 1. The molecule has 18 heavy (non-hydrogen) atoms. The fourth-order valence-electron chi connectivity index (χ4n) is 2.23. The Morgan fingerprint density at radius 2 is 2.17 bits per heavy atom. The van der Waals surface area contributed by atoms with Gasteiger partial charge < -0.3 is 11.1 Å². The quantitative estimate of drug-likeness (QED) is 0.749. The van der Waals surface area contributed by atoms with E-state index >= 15 is 0 Å². The molecule has 1 rings (SSSR count). The van der Waals surface area contributed by atoms with Crippen molar-refractivity contribution >= 4 is 17.7 Å². The van der Waals surface area contributed by atoms with Crippen LogP contribution in [0.25, 0.3) is 0 Å². The van der Waals surface area contributed by atoms with Crippen molar-refractivity contribution in [3.8, 4) is 0 Å². The van der Waals surface area contributed by atoms with Gasteiger partial charge >= 0.3 is 0 Å². The Balaban J connectivity index is 2.10. The van der Waals surface area contributed by atoms with Gasteiger partial charge in [0.25, 0.3) is 0 Å². The van der Waals surface area contributed by atoms with Crippen LogP contribution in [0.2, 0.25) is 0 Å². The summed E-state index contributed by atoms with van der Waals surface area (Å²) in [7, 11) is 0. The van der Waals surface area contributed by atoms with Gasteiger partial charge in [0.05, 0.1) is 0 Å². The van der Waals surface area contributed by atoms with Crippen molar-refractivity contribution in [1.82, 2.24) is 5.32 Å². The first-order valence-corrected chi connectivity index (χ1v) is 8.29. The molecule has 1 heterocycles. The molecule has 0 aromatic rings. The van der Waals surface area contributed by atoms with Gasteiger partial charge in [-0.05, 0) is 38.4 Å². The lowest BCUT2D eigenvalue weighted by atomic mass is 10.0. The molecule has 0 saturated carbocycles. The predicted molar refractivity (Wildman–Crippen MR) is 79.8 cm³/mol. The van der Waals surface area contributed by atoms with Crippen molar-refractivity contribution in [3.05, 3.63) is 0 Å². The van der Waals surface area contributed by atoms with E-state index < -0.39 is 0 Å². The molecule has 1 aliphatic rings. The van der Waals surface area contributed by atoms with E-state index in [9.17, 15) is 4.79 Å². The van der Waals surface area contributed by atoms with Gasteiger partial charge in [0.1, 0.15) is 0 Å². The topological polar surface area (TPSA) is 55.1 Å². The smallest absolute Gasteiger partial charge is 0.222 e. The van der Waals surface area contributed by atoms with Crippen LogP contribution in [0.3, 0.4) is 0 Å². The minimum atomic E-state index is 0.123. The van der Waals surface area contributed by atoms with Crippen molar-refractivity contribution in [1.29, 1.82) is 0 Å². The van der Waals surface area contributed by atoms with Gasteiger partial charge in [0.15, 0.2) is 0 Å². The maximum Gasteiger partial charge on any atom is 0.222 e. The number of nitrogens with one attached hydrogen (secondary N) is 1. The largest absolute Gasteiger partial charge is 0.355 e. The highest BCUT2D eigenvalue weighted by molar-refractivity contribution is 7.99. The fraction of sp³-hybridized carbons (Fsp3) is 0.929. The Labute approximate surface area is 116 Å². The van der Waals surface area contributed by atoms with Gasteiger partial charge in [-0.2, -0.15) is 11.8 Å². The first-order chi connectivity index (χ1) is 8.59. The lowest BCUT2D eigenvalue weighted by Gasteiger charge is -2.22. The Bertz CT molecular complexity index is 240. The Hall–Kier alpha value is -0.220. The highest BCUT2D eigenvalue weighted by Crippen LogP contribution is 2.24. The van der Waals surface area contributed by atoms with E-state index in [0.29, 0.717) is 5.25 Å². The SMILES string of the molecule is CC(N)CCCC(C)C(=O)NCC1CCCCS1. The van der Waals surface area contributed by atoms with Gasteiger partial charge in [0.2, 0.25) is 5.91 Å². The lowest BCUT2D eigenvalue weighted by Crippen LogP contribution is -2.35. The summed E-state index contributed by atoms with van der Waals surface area (Å²) in [6.45, 7) is 4.89. The van der Waals surface area contributed by atoms with Crippen LogP contribution < -0.4 is 11.1 Å². The average Bonchev–Trinajstić information content (AvgIpc) is 2.36. The van der Waals surface area contributed by atoms with Crippen LogP contribution in [0.1, 0.15) is 52.4 Å². The number of rotatable bonds is 7. The average molecular weight is 272 g/mol. The molecule has 0 spiro atoms. The number of carbonyl (C=O) groups excluding carboxylic acids is 1. The van der Waals surface area contributed by atoms with E-state index in [2.05, 4.69) is 5.32 Å². The van der Waals surface area contributed by atoms with Crippen molar-refractivity contribution in [3.63, 3.8) is 0 Å². The van der Waals surface area contributed by atoms with Crippen LogP contribution in [-0.4, -0.2) is 29.5 Å². The standard InChI is InChI=1S/C14H28N2OS/c1-11(6-5-7-12(2)15)14(17)16-10-13-8-3-4-9-18-13/h11-13H,3-10,15H2,1-2H3,(H,16,17). The monoisotopic (exact) mass is 272 g/mol. The molecule has 4 heteroatoms. The lowest BCUT2D eigenvalue weighted by molar-refractivity contribution is -0.124. The Morgan fingerprint density at radius 3 is 2.78 bits per heavy atom. The molecule has 3 unspecified atom stereocenters. The highest BCUT2D eigenvalue weighted by atomic mass is 32.2. The minimum Gasteiger partial charge on any atom is -0.355 e.